The zero-order chi connectivity index (χ0) is 19.1. The Labute approximate surface area is 158 Å². The monoisotopic (exact) mass is 368 g/mol. The second kappa shape index (κ2) is 6.83. The van der Waals surface area contributed by atoms with Gasteiger partial charge in [0.05, 0.1) is 18.6 Å². The average Bonchev–Trinajstić information content (AvgIpc) is 2.96. The minimum absolute atomic E-state index is 0.00574. The molecule has 0 aromatic heterocycles. The molecule has 0 spiro atoms. The molecule has 6 nitrogen and oxygen atoms in total. The summed E-state index contributed by atoms with van der Waals surface area (Å²) in [5, 5.41) is 0. The van der Waals surface area contributed by atoms with E-state index in [0.29, 0.717) is 18.5 Å². The number of ether oxygens (including phenoxy) is 1. The second-order valence-electron chi connectivity index (χ2n) is 7.59. The molecule has 0 saturated carbocycles. The Morgan fingerprint density at radius 1 is 1.15 bits per heavy atom. The van der Waals surface area contributed by atoms with Gasteiger partial charge in [0.15, 0.2) is 5.78 Å². The standard InChI is InChI=1S/C21H24N2O4/c1-13(24)17-12-22(7-8-27-14(2)25)19-10-16(17)11-21(26)23-18-6-4-3-5-15(18)9-20(19)23/h3-6,12,16,19-20H,7-11H2,1-2H3/t16-,19+,20?/m0/s1. The minimum Gasteiger partial charge on any atom is -0.464 e. The van der Waals surface area contributed by atoms with Crippen molar-refractivity contribution in [2.75, 3.05) is 18.1 Å². The Hall–Kier alpha value is -2.63. The molecule has 1 fully saturated rings. The number of nitrogens with zero attached hydrogens (tertiary/aromatic N) is 2. The lowest BCUT2D eigenvalue weighted by atomic mass is 9.82. The molecule has 1 unspecified atom stereocenters. The van der Waals surface area contributed by atoms with Crippen molar-refractivity contribution in [3.63, 3.8) is 0 Å². The number of amides is 1. The molecule has 2 bridgehead atoms. The third-order valence-electron chi connectivity index (χ3n) is 5.90. The predicted molar refractivity (Wildman–Crippen MR) is 100 cm³/mol. The first-order chi connectivity index (χ1) is 13.0. The number of para-hydroxylation sites is 1. The third kappa shape index (κ3) is 3.13. The van der Waals surface area contributed by atoms with E-state index in [1.807, 2.05) is 29.3 Å². The largest absolute Gasteiger partial charge is 0.464 e. The predicted octanol–water partition coefficient (Wildman–Crippen LogP) is 2.07. The lowest BCUT2D eigenvalue weighted by molar-refractivity contribution is -0.141. The first kappa shape index (κ1) is 17.8. The van der Waals surface area contributed by atoms with Gasteiger partial charge in [-0.15, -0.1) is 0 Å². The van der Waals surface area contributed by atoms with Crippen LogP contribution in [-0.4, -0.2) is 47.8 Å². The maximum Gasteiger partial charge on any atom is 0.302 e. The molecule has 1 amide bonds. The first-order valence-electron chi connectivity index (χ1n) is 9.47. The van der Waals surface area contributed by atoms with Crippen LogP contribution in [0.2, 0.25) is 0 Å². The van der Waals surface area contributed by atoms with Crippen molar-refractivity contribution < 1.29 is 19.1 Å². The molecular weight excluding hydrogens is 344 g/mol. The van der Waals surface area contributed by atoms with Crippen molar-refractivity contribution in [3.8, 4) is 0 Å². The van der Waals surface area contributed by atoms with Crippen LogP contribution < -0.4 is 4.90 Å². The van der Waals surface area contributed by atoms with Crippen molar-refractivity contribution in [2.45, 2.75) is 45.2 Å². The molecule has 1 aromatic carbocycles. The van der Waals surface area contributed by atoms with Crippen LogP contribution in [0.1, 0.15) is 32.3 Å². The van der Waals surface area contributed by atoms with Crippen LogP contribution in [-0.2, 0) is 25.5 Å². The van der Waals surface area contributed by atoms with E-state index in [1.165, 1.54) is 12.5 Å². The lowest BCUT2D eigenvalue weighted by Crippen LogP contribution is -2.51. The van der Waals surface area contributed by atoms with Gasteiger partial charge in [-0.3, -0.25) is 14.4 Å². The highest BCUT2D eigenvalue weighted by Crippen LogP contribution is 2.43. The molecular formula is C21H24N2O4. The topological polar surface area (TPSA) is 66.9 Å². The fourth-order valence-electron chi connectivity index (χ4n) is 4.76. The zero-order valence-corrected chi connectivity index (χ0v) is 15.7. The number of hydrogen-bond acceptors (Lipinski definition) is 5. The molecule has 0 aliphatic carbocycles. The lowest BCUT2D eigenvalue weighted by Gasteiger charge is -2.41. The number of Topliss-reactive ketones (excluding diaryl/α,β-unsaturated/α-hetero) is 1. The van der Waals surface area contributed by atoms with E-state index in [1.54, 1.807) is 6.92 Å². The van der Waals surface area contributed by atoms with Crippen molar-refractivity contribution in [1.82, 2.24) is 4.90 Å². The highest BCUT2D eigenvalue weighted by molar-refractivity contribution is 6.00. The number of anilines is 1. The van der Waals surface area contributed by atoms with Crippen molar-refractivity contribution in [2.24, 2.45) is 5.92 Å². The van der Waals surface area contributed by atoms with Gasteiger partial charge >= 0.3 is 5.97 Å². The summed E-state index contributed by atoms with van der Waals surface area (Å²) in [6, 6.07) is 8.20. The Balaban J connectivity index is 1.68. The van der Waals surface area contributed by atoms with Crippen LogP contribution in [0.5, 0.6) is 0 Å². The van der Waals surface area contributed by atoms with Crippen LogP contribution >= 0.6 is 0 Å². The van der Waals surface area contributed by atoms with Gasteiger partial charge in [-0.05, 0) is 37.3 Å². The molecule has 3 heterocycles. The van der Waals surface area contributed by atoms with Gasteiger partial charge in [-0.2, -0.15) is 0 Å². The van der Waals surface area contributed by atoms with Gasteiger partial charge in [0.2, 0.25) is 5.91 Å². The van der Waals surface area contributed by atoms with Gasteiger partial charge in [0.1, 0.15) is 6.61 Å². The summed E-state index contributed by atoms with van der Waals surface area (Å²) < 4.78 is 5.13. The van der Waals surface area contributed by atoms with Gasteiger partial charge in [-0.25, -0.2) is 0 Å². The minimum atomic E-state index is -0.313. The molecule has 27 heavy (non-hydrogen) atoms. The Morgan fingerprint density at radius 3 is 2.67 bits per heavy atom. The third-order valence-corrected chi connectivity index (χ3v) is 5.90. The van der Waals surface area contributed by atoms with Crippen LogP contribution in [0.4, 0.5) is 5.69 Å². The summed E-state index contributed by atoms with van der Waals surface area (Å²) >= 11 is 0. The van der Waals surface area contributed by atoms with Crippen molar-refractivity contribution in [3.05, 3.63) is 41.6 Å². The Bertz CT molecular complexity index is 831. The zero-order valence-electron chi connectivity index (χ0n) is 15.7. The van der Waals surface area contributed by atoms with Crippen molar-refractivity contribution >= 4 is 23.3 Å². The van der Waals surface area contributed by atoms with Gasteiger partial charge in [-0.1, -0.05) is 18.2 Å². The molecule has 3 aliphatic heterocycles. The van der Waals surface area contributed by atoms with Gasteiger partial charge in [0.25, 0.3) is 0 Å². The summed E-state index contributed by atoms with van der Waals surface area (Å²) in [7, 11) is 0. The molecule has 3 aliphatic rings. The molecule has 0 radical (unpaired) electrons. The smallest absolute Gasteiger partial charge is 0.302 e. The number of carbonyl (C=O) groups is 3. The van der Waals surface area contributed by atoms with E-state index in [0.717, 1.165) is 18.5 Å². The maximum absolute atomic E-state index is 13.1. The quantitative estimate of drug-likeness (QED) is 0.761. The van der Waals surface area contributed by atoms with Crippen LogP contribution in [0.3, 0.4) is 0 Å². The van der Waals surface area contributed by atoms with Crippen LogP contribution in [0.15, 0.2) is 36.0 Å². The highest BCUT2D eigenvalue weighted by atomic mass is 16.5. The van der Waals surface area contributed by atoms with Gasteiger partial charge < -0.3 is 14.5 Å². The number of rotatable bonds is 4. The number of allylic oxidation sites excluding steroid dienone is 1. The normalized spacial score (nSPS) is 26.1. The number of hydrogen-bond donors (Lipinski definition) is 0. The van der Waals surface area contributed by atoms with E-state index < -0.39 is 0 Å². The molecule has 3 atom stereocenters. The summed E-state index contributed by atoms with van der Waals surface area (Å²) in [6.07, 6.45) is 3.86. The molecule has 0 N–H and O–H groups in total. The molecule has 142 valence electrons. The fourth-order valence-corrected chi connectivity index (χ4v) is 4.76. The first-order valence-corrected chi connectivity index (χ1v) is 9.47. The molecule has 4 rings (SSSR count). The van der Waals surface area contributed by atoms with Crippen LogP contribution in [0.25, 0.3) is 0 Å². The van der Waals surface area contributed by atoms with E-state index in [4.69, 9.17) is 4.74 Å². The number of ketones is 1. The average molecular weight is 368 g/mol. The molecule has 1 aromatic rings. The van der Waals surface area contributed by atoms with E-state index in [2.05, 4.69) is 11.0 Å². The molecule has 1 saturated heterocycles. The fraction of sp³-hybridized carbons (Fsp3) is 0.476. The van der Waals surface area contributed by atoms with E-state index >= 15 is 0 Å². The second-order valence-corrected chi connectivity index (χ2v) is 7.59. The van der Waals surface area contributed by atoms with Crippen LogP contribution in [0, 0.1) is 5.92 Å². The van der Waals surface area contributed by atoms with E-state index in [9.17, 15) is 14.4 Å². The Kier molecular flexibility index (Phi) is 4.50. The summed E-state index contributed by atoms with van der Waals surface area (Å²) in [6.45, 7) is 3.74. The van der Waals surface area contributed by atoms with Crippen molar-refractivity contribution in [1.29, 1.82) is 0 Å². The Morgan fingerprint density at radius 2 is 1.93 bits per heavy atom. The SMILES string of the molecule is CC(=O)OCCN1C=C(C(C)=O)[C@@H]2CC(=O)N3c4ccccc4CC3[C@H]1C2. The summed E-state index contributed by atoms with van der Waals surface area (Å²) in [4.78, 5) is 40.5. The number of carbonyl (C=O) groups excluding carboxylic acids is 3. The summed E-state index contributed by atoms with van der Waals surface area (Å²) in [5.74, 6) is -0.257. The maximum atomic E-state index is 13.1. The number of fused-ring (bicyclic) bond motifs is 6. The summed E-state index contributed by atoms with van der Waals surface area (Å²) in [5.41, 5.74) is 2.89. The van der Waals surface area contributed by atoms with E-state index in [-0.39, 0.29) is 42.3 Å². The number of benzene rings is 1. The highest BCUT2D eigenvalue weighted by Gasteiger charge is 2.47. The molecule has 6 heteroatoms. The van der Waals surface area contributed by atoms with Gasteiger partial charge in [0, 0.05) is 30.8 Å². The number of esters is 1.